The number of aliphatic carboxylic acids is 1. The Morgan fingerprint density at radius 3 is 2.78 bits per heavy atom. The number of hydrogen-bond donors (Lipinski definition) is 2. The summed E-state index contributed by atoms with van der Waals surface area (Å²) < 4.78 is 0. The lowest BCUT2D eigenvalue weighted by Crippen LogP contribution is -2.41. The van der Waals surface area contributed by atoms with Gasteiger partial charge in [0.25, 0.3) is 0 Å². The van der Waals surface area contributed by atoms with Crippen molar-refractivity contribution in [2.24, 2.45) is 0 Å². The van der Waals surface area contributed by atoms with E-state index >= 15 is 0 Å². The molecule has 1 amide bonds. The van der Waals surface area contributed by atoms with Crippen LogP contribution in [0.15, 0.2) is 0 Å². The summed E-state index contributed by atoms with van der Waals surface area (Å²) in [4.78, 5) is 24.3. The lowest BCUT2D eigenvalue weighted by atomic mass is 9.97. The first-order chi connectivity index (χ1) is 8.63. The van der Waals surface area contributed by atoms with Crippen LogP contribution in [0.5, 0.6) is 0 Å². The number of likely N-dealkylation sites (tertiary alicyclic amines) is 1. The van der Waals surface area contributed by atoms with E-state index in [2.05, 4.69) is 10.2 Å². The van der Waals surface area contributed by atoms with E-state index in [0.29, 0.717) is 25.4 Å². The largest absolute Gasteiger partial charge is 0.481 e. The molecule has 104 valence electrons. The van der Waals surface area contributed by atoms with Crippen molar-refractivity contribution in [3.05, 3.63) is 0 Å². The number of carbonyl (C=O) groups is 2. The summed E-state index contributed by atoms with van der Waals surface area (Å²) in [5, 5.41) is 11.5. The standard InChI is InChI=1S/C13H24N2O3/c1-2-14-12(16)8-10-15-9-4-3-5-11(15)6-7-13(17)18/h11H,2-10H2,1H3,(H,14,16)(H,17,18). The minimum absolute atomic E-state index is 0.0834. The van der Waals surface area contributed by atoms with E-state index in [9.17, 15) is 9.59 Å². The zero-order valence-corrected chi connectivity index (χ0v) is 11.2. The van der Waals surface area contributed by atoms with E-state index in [1.165, 1.54) is 6.42 Å². The quantitative estimate of drug-likeness (QED) is 0.719. The molecule has 0 saturated carbocycles. The first kappa shape index (κ1) is 15.0. The van der Waals surface area contributed by atoms with Gasteiger partial charge in [0.15, 0.2) is 0 Å². The number of carbonyl (C=O) groups excluding carboxylic acids is 1. The third-order valence-electron chi connectivity index (χ3n) is 3.44. The molecule has 1 saturated heterocycles. The van der Waals surface area contributed by atoms with Gasteiger partial charge in [-0.25, -0.2) is 0 Å². The molecule has 1 unspecified atom stereocenters. The lowest BCUT2D eigenvalue weighted by molar-refractivity contribution is -0.137. The predicted octanol–water partition coefficient (Wildman–Crippen LogP) is 1.23. The molecule has 0 spiro atoms. The maximum absolute atomic E-state index is 11.4. The van der Waals surface area contributed by atoms with Gasteiger partial charge in [-0.2, -0.15) is 0 Å². The van der Waals surface area contributed by atoms with Crippen LogP contribution in [0.4, 0.5) is 0 Å². The first-order valence-electron chi connectivity index (χ1n) is 6.86. The predicted molar refractivity (Wildman–Crippen MR) is 69.4 cm³/mol. The summed E-state index contributed by atoms with van der Waals surface area (Å²) in [6.07, 6.45) is 4.81. The van der Waals surface area contributed by atoms with Crippen molar-refractivity contribution in [1.29, 1.82) is 0 Å². The molecule has 2 N–H and O–H groups in total. The maximum atomic E-state index is 11.4. The van der Waals surface area contributed by atoms with Gasteiger partial charge >= 0.3 is 5.97 Å². The van der Waals surface area contributed by atoms with Crippen LogP contribution in [0.3, 0.4) is 0 Å². The van der Waals surface area contributed by atoms with Gasteiger partial charge in [0.1, 0.15) is 0 Å². The molecular formula is C13H24N2O3. The third-order valence-corrected chi connectivity index (χ3v) is 3.44. The van der Waals surface area contributed by atoms with Gasteiger partial charge in [0.05, 0.1) is 0 Å². The van der Waals surface area contributed by atoms with Gasteiger partial charge < -0.3 is 10.4 Å². The molecule has 0 aliphatic carbocycles. The Hall–Kier alpha value is -1.10. The van der Waals surface area contributed by atoms with E-state index in [0.717, 1.165) is 25.9 Å². The van der Waals surface area contributed by atoms with Crippen LogP contribution in [0.2, 0.25) is 0 Å². The molecule has 0 aromatic rings. The Balaban J connectivity index is 2.34. The zero-order valence-electron chi connectivity index (χ0n) is 11.2. The van der Waals surface area contributed by atoms with Crippen molar-refractivity contribution in [2.45, 2.75) is 51.5 Å². The van der Waals surface area contributed by atoms with Gasteiger partial charge in [-0.3, -0.25) is 14.5 Å². The number of rotatable bonds is 7. The number of amides is 1. The number of carboxylic acid groups (broad SMARTS) is 1. The molecular weight excluding hydrogens is 232 g/mol. The van der Waals surface area contributed by atoms with Crippen molar-refractivity contribution in [2.75, 3.05) is 19.6 Å². The fourth-order valence-electron chi connectivity index (χ4n) is 2.50. The highest BCUT2D eigenvalue weighted by Crippen LogP contribution is 2.20. The SMILES string of the molecule is CCNC(=O)CCN1CCCCC1CCC(=O)O. The highest BCUT2D eigenvalue weighted by molar-refractivity contribution is 5.75. The van der Waals surface area contributed by atoms with Crippen molar-refractivity contribution in [3.63, 3.8) is 0 Å². The molecule has 5 nitrogen and oxygen atoms in total. The second kappa shape index (κ2) is 8.08. The maximum Gasteiger partial charge on any atom is 0.303 e. The molecule has 18 heavy (non-hydrogen) atoms. The monoisotopic (exact) mass is 256 g/mol. The smallest absolute Gasteiger partial charge is 0.303 e. The summed E-state index contributed by atoms with van der Waals surface area (Å²) in [5.74, 6) is -0.649. The average Bonchev–Trinajstić information content (AvgIpc) is 2.35. The van der Waals surface area contributed by atoms with Crippen LogP contribution < -0.4 is 5.32 Å². The Morgan fingerprint density at radius 2 is 2.11 bits per heavy atom. The van der Waals surface area contributed by atoms with Crippen LogP contribution >= 0.6 is 0 Å². The Morgan fingerprint density at radius 1 is 1.33 bits per heavy atom. The Kier molecular flexibility index (Phi) is 6.72. The molecule has 1 aliphatic heterocycles. The minimum atomic E-state index is -0.732. The highest BCUT2D eigenvalue weighted by atomic mass is 16.4. The average molecular weight is 256 g/mol. The van der Waals surface area contributed by atoms with Crippen LogP contribution in [0.25, 0.3) is 0 Å². The van der Waals surface area contributed by atoms with Gasteiger partial charge in [0, 0.05) is 32.0 Å². The van der Waals surface area contributed by atoms with Crippen molar-refractivity contribution < 1.29 is 14.7 Å². The van der Waals surface area contributed by atoms with Crippen LogP contribution in [-0.4, -0.2) is 47.6 Å². The van der Waals surface area contributed by atoms with Gasteiger partial charge in [0.2, 0.25) is 5.91 Å². The number of nitrogens with one attached hydrogen (secondary N) is 1. The zero-order chi connectivity index (χ0) is 13.4. The highest BCUT2D eigenvalue weighted by Gasteiger charge is 2.23. The van der Waals surface area contributed by atoms with Gasteiger partial charge in [-0.1, -0.05) is 6.42 Å². The molecule has 1 fully saturated rings. The number of nitrogens with zero attached hydrogens (tertiary/aromatic N) is 1. The number of hydrogen-bond acceptors (Lipinski definition) is 3. The van der Waals surface area contributed by atoms with E-state index in [4.69, 9.17) is 5.11 Å². The molecule has 0 aromatic heterocycles. The van der Waals surface area contributed by atoms with Crippen molar-refractivity contribution >= 4 is 11.9 Å². The fraction of sp³-hybridized carbons (Fsp3) is 0.846. The summed E-state index contributed by atoms with van der Waals surface area (Å²) >= 11 is 0. The topological polar surface area (TPSA) is 69.6 Å². The summed E-state index contributed by atoms with van der Waals surface area (Å²) in [6, 6.07) is 0.337. The third kappa shape index (κ3) is 5.49. The first-order valence-corrected chi connectivity index (χ1v) is 6.86. The van der Waals surface area contributed by atoms with E-state index in [-0.39, 0.29) is 12.3 Å². The fourth-order valence-corrected chi connectivity index (χ4v) is 2.50. The molecule has 1 atom stereocenters. The number of carboxylic acids is 1. The van der Waals surface area contributed by atoms with E-state index in [1.807, 2.05) is 6.92 Å². The Bertz CT molecular complexity index is 281. The minimum Gasteiger partial charge on any atom is -0.481 e. The van der Waals surface area contributed by atoms with E-state index in [1.54, 1.807) is 0 Å². The molecule has 1 heterocycles. The second-order valence-electron chi connectivity index (χ2n) is 4.82. The van der Waals surface area contributed by atoms with Crippen LogP contribution in [0, 0.1) is 0 Å². The summed E-state index contributed by atoms with van der Waals surface area (Å²) in [5.41, 5.74) is 0. The molecule has 5 heteroatoms. The lowest BCUT2D eigenvalue weighted by Gasteiger charge is -2.35. The van der Waals surface area contributed by atoms with Gasteiger partial charge in [-0.05, 0) is 32.7 Å². The molecule has 0 radical (unpaired) electrons. The molecule has 1 rings (SSSR count). The molecule has 0 bridgehead atoms. The van der Waals surface area contributed by atoms with Crippen molar-refractivity contribution in [3.8, 4) is 0 Å². The summed E-state index contributed by atoms with van der Waals surface area (Å²) in [6.45, 7) is 4.32. The normalized spacial score (nSPS) is 20.6. The molecule has 0 aromatic carbocycles. The number of piperidine rings is 1. The molecule has 1 aliphatic rings. The Labute approximate surface area is 109 Å². The van der Waals surface area contributed by atoms with Crippen LogP contribution in [-0.2, 0) is 9.59 Å². The second-order valence-corrected chi connectivity index (χ2v) is 4.82. The van der Waals surface area contributed by atoms with Gasteiger partial charge in [-0.15, -0.1) is 0 Å². The van der Waals surface area contributed by atoms with Crippen molar-refractivity contribution in [1.82, 2.24) is 10.2 Å². The summed E-state index contributed by atoms with van der Waals surface area (Å²) in [7, 11) is 0. The van der Waals surface area contributed by atoms with Crippen LogP contribution in [0.1, 0.15) is 45.4 Å². The van der Waals surface area contributed by atoms with E-state index < -0.39 is 5.97 Å².